The molecule has 0 atom stereocenters. The van der Waals surface area contributed by atoms with Crippen molar-refractivity contribution in [2.45, 2.75) is 24.7 Å². The molecule has 21 heavy (non-hydrogen) atoms. The number of halogens is 1. The molecule has 112 valence electrons. The summed E-state index contributed by atoms with van der Waals surface area (Å²) in [6.45, 7) is 3.91. The van der Waals surface area contributed by atoms with Crippen molar-refractivity contribution in [3.8, 4) is 0 Å². The van der Waals surface area contributed by atoms with Crippen LogP contribution in [0.2, 0.25) is 0 Å². The molecule has 0 saturated heterocycles. The Morgan fingerprint density at radius 3 is 2.48 bits per heavy atom. The molecular formula is C15H17FN2O2S. The van der Waals surface area contributed by atoms with E-state index in [4.69, 9.17) is 5.73 Å². The third-order valence-electron chi connectivity index (χ3n) is 3.07. The van der Waals surface area contributed by atoms with Crippen molar-refractivity contribution in [2.24, 2.45) is 0 Å². The highest BCUT2D eigenvalue weighted by atomic mass is 32.2. The van der Waals surface area contributed by atoms with E-state index in [0.29, 0.717) is 5.69 Å². The standard InChI is InChI=1S/C15H17FN2O2S/c1-10(2)12-5-3-4-6-14(12)18-21(19,20)15-9-11(17)7-8-13(15)16/h3-10,18H,17H2,1-2H3. The van der Waals surface area contributed by atoms with Crippen molar-refractivity contribution in [1.29, 1.82) is 0 Å². The minimum atomic E-state index is -4.03. The van der Waals surface area contributed by atoms with Gasteiger partial charge in [-0.05, 0) is 35.7 Å². The zero-order chi connectivity index (χ0) is 15.6. The molecule has 0 spiro atoms. The van der Waals surface area contributed by atoms with Gasteiger partial charge < -0.3 is 5.73 Å². The number of nitrogens with two attached hydrogens (primary N) is 1. The van der Waals surface area contributed by atoms with Crippen LogP contribution in [0.25, 0.3) is 0 Å². The van der Waals surface area contributed by atoms with E-state index < -0.39 is 20.7 Å². The molecule has 6 heteroatoms. The predicted octanol–water partition coefficient (Wildman–Crippen LogP) is 3.33. The van der Waals surface area contributed by atoms with Crippen molar-refractivity contribution in [1.82, 2.24) is 0 Å². The second-order valence-electron chi connectivity index (χ2n) is 5.04. The zero-order valence-electron chi connectivity index (χ0n) is 11.8. The molecule has 0 saturated carbocycles. The van der Waals surface area contributed by atoms with Crippen LogP contribution >= 0.6 is 0 Å². The van der Waals surface area contributed by atoms with Crippen LogP contribution in [0, 0.1) is 5.82 Å². The topological polar surface area (TPSA) is 72.2 Å². The number of hydrogen-bond donors (Lipinski definition) is 2. The molecule has 0 aromatic heterocycles. The van der Waals surface area contributed by atoms with Crippen LogP contribution in [0.15, 0.2) is 47.4 Å². The molecule has 2 aromatic carbocycles. The van der Waals surface area contributed by atoms with Gasteiger partial charge in [0.25, 0.3) is 10.0 Å². The highest BCUT2D eigenvalue weighted by Crippen LogP contribution is 2.27. The zero-order valence-corrected chi connectivity index (χ0v) is 12.6. The first-order valence-corrected chi connectivity index (χ1v) is 7.96. The Kier molecular flexibility index (Phi) is 4.18. The number of rotatable bonds is 4. The van der Waals surface area contributed by atoms with Gasteiger partial charge in [0.1, 0.15) is 10.7 Å². The number of sulfonamides is 1. The van der Waals surface area contributed by atoms with Crippen molar-refractivity contribution in [2.75, 3.05) is 10.5 Å². The first-order valence-electron chi connectivity index (χ1n) is 6.48. The highest BCUT2D eigenvalue weighted by molar-refractivity contribution is 7.92. The number of nitrogen functional groups attached to an aromatic ring is 1. The molecule has 0 bridgehead atoms. The van der Waals surface area contributed by atoms with Crippen molar-refractivity contribution < 1.29 is 12.8 Å². The Bertz CT molecular complexity index is 758. The average molecular weight is 308 g/mol. The van der Waals surface area contributed by atoms with Crippen LogP contribution in [-0.2, 0) is 10.0 Å². The summed E-state index contributed by atoms with van der Waals surface area (Å²) in [5.74, 6) is -0.701. The summed E-state index contributed by atoms with van der Waals surface area (Å²) in [6, 6.07) is 10.5. The summed E-state index contributed by atoms with van der Waals surface area (Å²) in [6.07, 6.45) is 0. The van der Waals surface area contributed by atoms with Crippen molar-refractivity contribution >= 4 is 21.4 Å². The molecule has 0 aliphatic heterocycles. The molecule has 4 nitrogen and oxygen atoms in total. The second kappa shape index (κ2) is 5.73. The molecule has 0 unspecified atom stereocenters. The quantitative estimate of drug-likeness (QED) is 0.851. The molecule has 2 aromatic rings. The van der Waals surface area contributed by atoms with E-state index in [0.717, 1.165) is 17.7 Å². The summed E-state index contributed by atoms with van der Waals surface area (Å²) in [5, 5.41) is 0. The van der Waals surface area contributed by atoms with Gasteiger partial charge in [-0.3, -0.25) is 4.72 Å². The van der Waals surface area contributed by atoms with Gasteiger partial charge in [-0.1, -0.05) is 32.0 Å². The fourth-order valence-corrected chi connectivity index (χ4v) is 3.22. The first kappa shape index (κ1) is 15.3. The van der Waals surface area contributed by atoms with Gasteiger partial charge in [0.2, 0.25) is 0 Å². The van der Waals surface area contributed by atoms with Gasteiger partial charge in [0.15, 0.2) is 0 Å². The number of anilines is 2. The lowest BCUT2D eigenvalue weighted by Crippen LogP contribution is -2.16. The molecule has 0 aliphatic rings. The maximum absolute atomic E-state index is 13.8. The van der Waals surface area contributed by atoms with Crippen LogP contribution in [-0.4, -0.2) is 8.42 Å². The van der Waals surface area contributed by atoms with Crippen LogP contribution in [0.1, 0.15) is 25.3 Å². The van der Waals surface area contributed by atoms with Crippen LogP contribution in [0.3, 0.4) is 0 Å². The molecular weight excluding hydrogens is 291 g/mol. The van der Waals surface area contributed by atoms with E-state index in [9.17, 15) is 12.8 Å². The predicted molar refractivity (Wildman–Crippen MR) is 82.2 cm³/mol. The SMILES string of the molecule is CC(C)c1ccccc1NS(=O)(=O)c1cc(N)ccc1F. The summed E-state index contributed by atoms with van der Waals surface area (Å²) >= 11 is 0. The van der Waals surface area contributed by atoms with E-state index in [1.165, 1.54) is 6.07 Å². The molecule has 0 heterocycles. The lowest BCUT2D eigenvalue weighted by Gasteiger charge is -2.15. The fourth-order valence-electron chi connectivity index (χ4n) is 2.02. The van der Waals surface area contributed by atoms with Gasteiger partial charge in [-0.25, -0.2) is 12.8 Å². The lowest BCUT2D eigenvalue weighted by molar-refractivity contribution is 0.570. The molecule has 0 fully saturated rings. The van der Waals surface area contributed by atoms with Gasteiger partial charge in [0, 0.05) is 5.69 Å². The van der Waals surface area contributed by atoms with E-state index in [1.807, 2.05) is 26.0 Å². The first-order chi connectivity index (χ1) is 9.81. The van der Waals surface area contributed by atoms with Gasteiger partial charge in [-0.2, -0.15) is 0 Å². The van der Waals surface area contributed by atoms with Crippen LogP contribution in [0.5, 0.6) is 0 Å². The Hall–Kier alpha value is -2.08. The smallest absolute Gasteiger partial charge is 0.264 e. The van der Waals surface area contributed by atoms with E-state index in [1.54, 1.807) is 12.1 Å². The van der Waals surface area contributed by atoms with Gasteiger partial charge in [0.05, 0.1) is 5.69 Å². The maximum atomic E-state index is 13.8. The summed E-state index contributed by atoms with van der Waals surface area (Å²) in [5.41, 5.74) is 7.00. The van der Waals surface area contributed by atoms with E-state index >= 15 is 0 Å². The third kappa shape index (κ3) is 3.33. The second-order valence-corrected chi connectivity index (χ2v) is 6.69. The van der Waals surface area contributed by atoms with Gasteiger partial charge in [-0.15, -0.1) is 0 Å². The third-order valence-corrected chi connectivity index (χ3v) is 4.45. The minimum Gasteiger partial charge on any atom is -0.399 e. The van der Waals surface area contributed by atoms with Crippen LogP contribution in [0.4, 0.5) is 15.8 Å². The van der Waals surface area contributed by atoms with Crippen molar-refractivity contribution in [3.63, 3.8) is 0 Å². The highest BCUT2D eigenvalue weighted by Gasteiger charge is 2.21. The number of nitrogens with one attached hydrogen (secondary N) is 1. The van der Waals surface area contributed by atoms with Gasteiger partial charge >= 0.3 is 0 Å². The molecule has 0 aliphatic carbocycles. The monoisotopic (exact) mass is 308 g/mol. The Morgan fingerprint density at radius 2 is 1.81 bits per heavy atom. The number of hydrogen-bond acceptors (Lipinski definition) is 3. The fraction of sp³-hybridized carbons (Fsp3) is 0.200. The largest absolute Gasteiger partial charge is 0.399 e. The van der Waals surface area contributed by atoms with E-state index in [-0.39, 0.29) is 11.6 Å². The number of para-hydroxylation sites is 1. The minimum absolute atomic E-state index is 0.134. The Morgan fingerprint density at radius 1 is 1.14 bits per heavy atom. The van der Waals surface area contributed by atoms with Crippen LogP contribution < -0.4 is 10.5 Å². The van der Waals surface area contributed by atoms with E-state index in [2.05, 4.69) is 4.72 Å². The maximum Gasteiger partial charge on any atom is 0.264 e. The summed E-state index contributed by atoms with van der Waals surface area (Å²) in [4.78, 5) is -0.457. The Labute approximate surface area is 123 Å². The Balaban J connectivity index is 2.45. The molecule has 0 amide bonds. The normalized spacial score (nSPS) is 11.6. The lowest BCUT2D eigenvalue weighted by atomic mass is 10.0. The molecule has 3 N–H and O–H groups in total. The van der Waals surface area contributed by atoms with Crippen molar-refractivity contribution in [3.05, 3.63) is 53.8 Å². The average Bonchev–Trinajstić information content (AvgIpc) is 2.41. The number of benzene rings is 2. The molecule has 2 rings (SSSR count). The summed E-state index contributed by atoms with van der Waals surface area (Å²) < 4.78 is 40.9. The summed E-state index contributed by atoms with van der Waals surface area (Å²) in [7, 11) is -4.03. The molecule has 0 radical (unpaired) electrons.